The topological polar surface area (TPSA) is 93.2 Å². The number of nitrogens with zero attached hydrogens (tertiary/aromatic N) is 6. The molecule has 0 bridgehead atoms. The molecule has 1 fully saturated rings. The summed E-state index contributed by atoms with van der Waals surface area (Å²) >= 11 is 0. The molecule has 162 valence electrons. The summed E-state index contributed by atoms with van der Waals surface area (Å²) in [7, 11) is 0. The molecule has 0 saturated heterocycles. The van der Waals surface area contributed by atoms with Gasteiger partial charge in [0.2, 0.25) is 5.95 Å². The molecule has 5 rings (SSSR count). The minimum absolute atomic E-state index is 0.117. The molecular weight excluding hydrogens is 397 g/mol. The number of aliphatic hydroxyl groups is 1. The zero-order chi connectivity index (χ0) is 21.9. The third-order valence-electron chi connectivity index (χ3n) is 6.22. The molecule has 1 aliphatic carbocycles. The molecule has 0 spiro atoms. The summed E-state index contributed by atoms with van der Waals surface area (Å²) in [6.07, 6.45) is 4.99. The van der Waals surface area contributed by atoms with Crippen LogP contribution in [0.3, 0.4) is 0 Å². The third-order valence-corrected chi connectivity index (χ3v) is 6.22. The Morgan fingerprint density at radius 2 is 2.06 bits per heavy atom. The molecule has 0 aliphatic heterocycles. The van der Waals surface area contributed by atoms with Crippen LogP contribution in [0.4, 0.5) is 10.3 Å². The van der Waals surface area contributed by atoms with Crippen molar-refractivity contribution in [3.05, 3.63) is 36.2 Å². The van der Waals surface area contributed by atoms with Gasteiger partial charge in [-0.15, -0.1) is 5.10 Å². The smallest absolute Gasteiger partial charge is 0.241 e. The van der Waals surface area contributed by atoms with Crippen LogP contribution in [0, 0.1) is 12.7 Å². The van der Waals surface area contributed by atoms with Gasteiger partial charge in [-0.25, -0.2) is 23.9 Å². The number of aryl methyl sites for hydroxylation is 1. The van der Waals surface area contributed by atoms with E-state index in [0.29, 0.717) is 35.6 Å². The van der Waals surface area contributed by atoms with E-state index in [0.717, 1.165) is 23.4 Å². The van der Waals surface area contributed by atoms with Crippen molar-refractivity contribution in [3.63, 3.8) is 0 Å². The molecule has 1 aliphatic rings. The maximum atomic E-state index is 15.0. The summed E-state index contributed by atoms with van der Waals surface area (Å²) in [6.45, 7) is 8.07. The molecule has 4 heterocycles. The highest BCUT2D eigenvalue weighted by Crippen LogP contribution is 2.36. The van der Waals surface area contributed by atoms with E-state index in [9.17, 15) is 9.50 Å². The Morgan fingerprint density at radius 3 is 2.77 bits per heavy atom. The van der Waals surface area contributed by atoms with Crippen molar-refractivity contribution >= 4 is 22.6 Å². The molecule has 0 atom stereocenters. The average molecular weight is 423 g/mol. The first-order chi connectivity index (χ1) is 14.8. The van der Waals surface area contributed by atoms with Gasteiger partial charge in [0.05, 0.1) is 34.8 Å². The molecule has 9 heteroatoms. The van der Waals surface area contributed by atoms with Crippen LogP contribution < -0.4 is 5.32 Å². The zero-order valence-corrected chi connectivity index (χ0v) is 18.1. The number of fused-ring (bicyclic) bond motifs is 2. The molecule has 0 radical (unpaired) electrons. The highest BCUT2D eigenvalue weighted by molar-refractivity contribution is 5.83. The van der Waals surface area contributed by atoms with Gasteiger partial charge >= 0.3 is 0 Å². The van der Waals surface area contributed by atoms with E-state index in [1.807, 2.05) is 24.5 Å². The summed E-state index contributed by atoms with van der Waals surface area (Å²) in [6, 6.07) is 3.96. The summed E-state index contributed by atoms with van der Waals surface area (Å²) in [4.78, 5) is 13.7. The second-order valence-electron chi connectivity index (χ2n) is 8.75. The Balaban J connectivity index is 1.51. The van der Waals surface area contributed by atoms with Crippen LogP contribution in [0.25, 0.3) is 27.9 Å². The van der Waals surface area contributed by atoms with Gasteiger partial charge in [0.1, 0.15) is 11.3 Å². The van der Waals surface area contributed by atoms with Crippen molar-refractivity contribution in [1.29, 1.82) is 0 Å². The first-order valence-electron chi connectivity index (χ1n) is 10.7. The van der Waals surface area contributed by atoms with Crippen molar-refractivity contribution in [2.75, 3.05) is 5.32 Å². The number of halogens is 1. The molecule has 0 amide bonds. The quantitative estimate of drug-likeness (QED) is 0.506. The van der Waals surface area contributed by atoms with E-state index in [-0.39, 0.29) is 12.1 Å². The molecule has 0 unspecified atom stereocenters. The SMILES string of the molecule is CCC1(O)CC(Nc2ncc3c(-c4ccc5nc(C)n(C(C)C)c5n4)c(F)cn3n2)C1. The van der Waals surface area contributed by atoms with E-state index < -0.39 is 11.4 Å². The lowest BCUT2D eigenvalue weighted by Crippen LogP contribution is -2.50. The van der Waals surface area contributed by atoms with Gasteiger partial charge < -0.3 is 15.0 Å². The minimum atomic E-state index is -0.598. The maximum Gasteiger partial charge on any atom is 0.241 e. The van der Waals surface area contributed by atoms with Gasteiger partial charge in [-0.2, -0.15) is 0 Å². The standard InChI is InChI=1S/C22H26FN7O/c1-5-22(31)8-14(9-22)26-21-24-10-18-19(15(23)11-29(18)28-21)16-6-7-17-20(27-16)30(12(2)3)13(4)25-17/h6-7,10-12,14,31H,5,8-9H2,1-4H3,(H,26,28). The van der Waals surface area contributed by atoms with Crippen molar-refractivity contribution in [3.8, 4) is 11.3 Å². The van der Waals surface area contributed by atoms with Crippen LogP contribution in [0.15, 0.2) is 24.5 Å². The van der Waals surface area contributed by atoms with E-state index in [1.54, 1.807) is 12.3 Å². The first-order valence-corrected chi connectivity index (χ1v) is 10.7. The van der Waals surface area contributed by atoms with Gasteiger partial charge in [0.15, 0.2) is 11.5 Å². The molecular formula is C22H26FN7O. The predicted octanol–water partition coefficient (Wildman–Crippen LogP) is 3.88. The fraction of sp³-hybridized carbons (Fsp3) is 0.455. The molecule has 4 aromatic heterocycles. The average Bonchev–Trinajstić information content (AvgIpc) is 3.20. The number of hydrogen-bond acceptors (Lipinski definition) is 6. The number of hydrogen-bond donors (Lipinski definition) is 2. The fourth-order valence-corrected chi connectivity index (χ4v) is 4.53. The highest BCUT2D eigenvalue weighted by Gasteiger charge is 2.41. The molecule has 2 N–H and O–H groups in total. The Hall–Kier alpha value is -3.07. The van der Waals surface area contributed by atoms with Gasteiger partial charge in [0.25, 0.3) is 0 Å². The van der Waals surface area contributed by atoms with E-state index >= 15 is 0 Å². The summed E-state index contributed by atoms with van der Waals surface area (Å²) in [5.74, 6) is 0.880. The summed E-state index contributed by atoms with van der Waals surface area (Å²) < 4.78 is 18.5. The molecule has 4 aromatic rings. The predicted molar refractivity (Wildman–Crippen MR) is 116 cm³/mol. The Morgan fingerprint density at radius 1 is 1.29 bits per heavy atom. The first kappa shape index (κ1) is 19.9. The van der Waals surface area contributed by atoms with Gasteiger partial charge in [-0.05, 0) is 52.2 Å². The molecule has 31 heavy (non-hydrogen) atoms. The number of pyridine rings is 1. The van der Waals surface area contributed by atoms with Crippen molar-refractivity contribution in [2.45, 2.75) is 64.6 Å². The Bertz CT molecular complexity index is 1290. The van der Waals surface area contributed by atoms with Gasteiger partial charge in [0, 0.05) is 12.1 Å². The maximum absolute atomic E-state index is 15.0. The number of anilines is 1. The lowest BCUT2D eigenvalue weighted by molar-refractivity contribution is -0.0442. The monoisotopic (exact) mass is 423 g/mol. The van der Waals surface area contributed by atoms with E-state index in [1.165, 1.54) is 10.7 Å². The largest absolute Gasteiger partial charge is 0.390 e. The van der Waals surface area contributed by atoms with Crippen LogP contribution in [0.2, 0.25) is 0 Å². The highest BCUT2D eigenvalue weighted by atomic mass is 19.1. The van der Waals surface area contributed by atoms with Crippen molar-refractivity contribution in [2.24, 2.45) is 0 Å². The Kier molecular flexibility index (Phi) is 4.47. The van der Waals surface area contributed by atoms with Gasteiger partial charge in [-0.1, -0.05) is 6.92 Å². The number of aromatic nitrogens is 6. The van der Waals surface area contributed by atoms with E-state index in [2.05, 4.69) is 34.2 Å². The second kappa shape index (κ2) is 6.98. The second-order valence-corrected chi connectivity index (χ2v) is 8.75. The van der Waals surface area contributed by atoms with E-state index in [4.69, 9.17) is 4.98 Å². The molecule has 8 nitrogen and oxygen atoms in total. The number of rotatable bonds is 5. The molecule has 0 aromatic carbocycles. The minimum Gasteiger partial charge on any atom is -0.390 e. The number of nitrogens with one attached hydrogen (secondary N) is 1. The van der Waals surface area contributed by atoms with Crippen molar-refractivity contribution < 1.29 is 9.50 Å². The van der Waals surface area contributed by atoms with Gasteiger partial charge in [-0.3, -0.25) is 0 Å². The normalized spacial score (nSPS) is 21.2. The lowest BCUT2D eigenvalue weighted by Gasteiger charge is -2.43. The zero-order valence-electron chi connectivity index (χ0n) is 18.1. The molecule has 1 saturated carbocycles. The summed E-state index contributed by atoms with van der Waals surface area (Å²) in [5, 5.41) is 17.8. The van der Waals surface area contributed by atoms with Crippen LogP contribution >= 0.6 is 0 Å². The fourth-order valence-electron chi connectivity index (χ4n) is 4.53. The lowest BCUT2D eigenvalue weighted by atomic mass is 9.74. The summed E-state index contributed by atoms with van der Waals surface area (Å²) in [5.41, 5.74) is 2.35. The number of imidazole rings is 1. The van der Waals surface area contributed by atoms with Crippen LogP contribution in [0.1, 0.15) is 51.9 Å². The third kappa shape index (κ3) is 3.23. The Labute approximate surface area is 179 Å². The van der Waals surface area contributed by atoms with Crippen LogP contribution in [-0.4, -0.2) is 45.9 Å². The van der Waals surface area contributed by atoms with Crippen molar-refractivity contribution in [1.82, 2.24) is 29.1 Å². The van der Waals surface area contributed by atoms with Crippen LogP contribution in [0.5, 0.6) is 0 Å². The van der Waals surface area contributed by atoms with Crippen LogP contribution in [-0.2, 0) is 0 Å².